The fourth-order valence-electron chi connectivity index (χ4n) is 2.17. The third kappa shape index (κ3) is 3.58. The first-order chi connectivity index (χ1) is 11.6. The number of esters is 1. The van der Waals surface area contributed by atoms with Gasteiger partial charge in [-0.1, -0.05) is 35.1 Å². The molecular formula is C16H13ClN2O3S2. The predicted octanol–water partition coefficient (Wildman–Crippen LogP) is 3.72. The molecule has 0 spiro atoms. The quantitative estimate of drug-likeness (QED) is 0.648. The zero-order chi connectivity index (χ0) is 17.1. The molecule has 1 aromatic carbocycles. The Morgan fingerprint density at radius 1 is 1.21 bits per heavy atom. The van der Waals surface area contributed by atoms with Crippen LogP contribution in [0, 0.1) is 0 Å². The summed E-state index contributed by atoms with van der Waals surface area (Å²) in [6.07, 6.45) is 0. The van der Waals surface area contributed by atoms with E-state index in [2.05, 4.69) is 4.99 Å². The van der Waals surface area contributed by atoms with Crippen LogP contribution in [0.25, 0.3) is 10.2 Å². The number of nitrogens with zero attached hydrogens (tertiary/aromatic N) is 2. The maximum atomic E-state index is 12.3. The number of halogens is 1. The summed E-state index contributed by atoms with van der Waals surface area (Å²) in [5, 5.41) is 0. The van der Waals surface area contributed by atoms with Gasteiger partial charge in [0.15, 0.2) is 4.80 Å². The van der Waals surface area contributed by atoms with Crippen LogP contribution in [0.15, 0.2) is 41.4 Å². The Balaban J connectivity index is 2.07. The topological polar surface area (TPSA) is 60.7 Å². The average Bonchev–Trinajstić information content (AvgIpc) is 3.12. The van der Waals surface area contributed by atoms with Crippen molar-refractivity contribution in [2.75, 3.05) is 6.61 Å². The second-order valence-corrected chi connectivity index (χ2v) is 7.49. The van der Waals surface area contributed by atoms with Crippen LogP contribution in [0.2, 0.25) is 4.34 Å². The van der Waals surface area contributed by atoms with Gasteiger partial charge in [0.25, 0.3) is 5.91 Å². The number of aromatic nitrogens is 1. The summed E-state index contributed by atoms with van der Waals surface area (Å²) >= 11 is 8.40. The third-order valence-corrected chi connectivity index (χ3v) is 5.44. The van der Waals surface area contributed by atoms with Crippen molar-refractivity contribution in [1.29, 1.82) is 0 Å². The lowest BCUT2D eigenvalue weighted by Gasteiger charge is -2.04. The van der Waals surface area contributed by atoms with E-state index in [1.54, 1.807) is 23.6 Å². The molecule has 0 N–H and O–H groups in total. The maximum absolute atomic E-state index is 12.3. The minimum atomic E-state index is -0.379. The van der Waals surface area contributed by atoms with Crippen LogP contribution in [-0.2, 0) is 16.1 Å². The highest BCUT2D eigenvalue weighted by molar-refractivity contribution is 7.18. The molecule has 124 valence electrons. The number of hydrogen-bond donors (Lipinski definition) is 0. The number of carbonyl (C=O) groups excluding carboxylic acids is 2. The summed E-state index contributed by atoms with van der Waals surface area (Å²) in [4.78, 5) is 29.3. The van der Waals surface area contributed by atoms with Gasteiger partial charge >= 0.3 is 5.97 Å². The number of thiophene rings is 1. The molecule has 0 aliphatic rings. The van der Waals surface area contributed by atoms with Gasteiger partial charge in [-0.2, -0.15) is 4.99 Å². The molecule has 24 heavy (non-hydrogen) atoms. The Hall–Kier alpha value is -1.96. The molecule has 0 saturated heterocycles. The number of fused-ring (bicyclic) bond motifs is 1. The van der Waals surface area contributed by atoms with Gasteiger partial charge < -0.3 is 9.30 Å². The van der Waals surface area contributed by atoms with Crippen LogP contribution in [0.3, 0.4) is 0 Å². The molecular weight excluding hydrogens is 368 g/mol. The van der Waals surface area contributed by atoms with Crippen molar-refractivity contribution in [2.24, 2.45) is 4.99 Å². The summed E-state index contributed by atoms with van der Waals surface area (Å²) in [6.45, 7) is 2.07. The van der Waals surface area contributed by atoms with Crippen molar-refractivity contribution in [3.63, 3.8) is 0 Å². The second-order valence-electron chi connectivity index (χ2n) is 4.76. The first-order valence-corrected chi connectivity index (χ1v) is 9.18. The van der Waals surface area contributed by atoms with Gasteiger partial charge in [-0.3, -0.25) is 9.59 Å². The van der Waals surface area contributed by atoms with E-state index in [0.29, 0.717) is 20.6 Å². The van der Waals surface area contributed by atoms with E-state index in [-0.39, 0.29) is 18.4 Å². The van der Waals surface area contributed by atoms with Crippen LogP contribution in [0.1, 0.15) is 16.6 Å². The van der Waals surface area contributed by atoms with Gasteiger partial charge in [-0.05, 0) is 31.2 Å². The second kappa shape index (κ2) is 7.29. The number of carbonyl (C=O) groups is 2. The van der Waals surface area contributed by atoms with Crippen molar-refractivity contribution in [1.82, 2.24) is 4.57 Å². The number of benzene rings is 1. The smallest absolute Gasteiger partial charge is 0.326 e. The monoisotopic (exact) mass is 380 g/mol. The molecule has 5 nitrogen and oxygen atoms in total. The van der Waals surface area contributed by atoms with Crippen molar-refractivity contribution in [2.45, 2.75) is 13.5 Å². The largest absolute Gasteiger partial charge is 0.465 e. The molecule has 2 heterocycles. The zero-order valence-electron chi connectivity index (χ0n) is 12.7. The molecule has 0 aliphatic carbocycles. The molecule has 0 fully saturated rings. The molecule has 8 heteroatoms. The first-order valence-electron chi connectivity index (χ1n) is 7.17. The van der Waals surface area contributed by atoms with Gasteiger partial charge in [0, 0.05) is 0 Å². The molecule has 3 aromatic rings. The number of thiazole rings is 1. The minimum absolute atomic E-state index is 0.00909. The lowest BCUT2D eigenvalue weighted by molar-refractivity contribution is -0.143. The van der Waals surface area contributed by atoms with Gasteiger partial charge in [0.05, 0.1) is 26.0 Å². The minimum Gasteiger partial charge on any atom is -0.465 e. The molecule has 0 radical (unpaired) electrons. The maximum Gasteiger partial charge on any atom is 0.326 e. The van der Waals surface area contributed by atoms with E-state index in [9.17, 15) is 9.59 Å². The van der Waals surface area contributed by atoms with Crippen LogP contribution < -0.4 is 4.80 Å². The Bertz CT molecular complexity index is 971. The van der Waals surface area contributed by atoms with Gasteiger partial charge in [0.2, 0.25) is 0 Å². The summed E-state index contributed by atoms with van der Waals surface area (Å²) in [5.74, 6) is -0.745. The number of ether oxygens (including phenoxy) is 1. The lowest BCUT2D eigenvalue weighted by atomic mass is 10.3. The summed E-state index contributed by atoms with van der Waals surface area (Å²) in [5.41, 5.74) is 0.839. The van der Waals surface area contributed by atoms with E-state index in [1.807, 2.05) is 24.3 Å². The normalized spacial score (nSPS) is 11.8. The highest BCUT2D eigenvalue weighted by Gasteiger charge is 2.13. The fourth-order valence-corrected chi connectivity index (χ4v) is 4.12. The van der Waals surface area contributed by atoms with E-state index < -0.39 is 0 Å². The Morgan fingerprint density at radius 3 is 2.71 bits per heavy atom. The van der Waals surface area contributed by atoms with E-state index in [1.165, 1.54) is 22.7 Å². The number of amides is 1. The van der Waals surface area contributed by atoms with Gasteiger partial charge in [0.1, 0.15) is 6.54 Å². The third-order valence-electron chi connectivity index (χ3n) is 3.16. The SMILES string of the molecule is CCOC(=O)Cn1c(=NC(=O)c2ccc(Cl)s2)sc2ccccc21. The number of rotatable bonds is 4. The molecule has 2 aromatic heterocycles. The summed E-state index contributed by atoms with van der Waals surface area (Å²) in [6, 6.07) is 10.9. The molecule has 0 saturated carbocycles. The Morgan fingerprint density at radius 2 is 2.00 bits per heavy atom. The lowest BCUT2D eigenvalue weighted by Crippen LogP contribution is -2.23. The fraction of sp³-hybridized carbons (Fsp3) is 0.188. The molecule has 3 rings (SSSR count). The number of para-hydroxylation sites is 1. The van der Waals surface area contributed by atoms with Crippen molar-refractivity contribution in [3.8, 4) is 0 Å². The van der Waals surface area contributed by atoms with E-state index >= 15 is 0 Å². The summed E-state index contributed by atoms with van der Waals surface area (Å²) in [7, 11) is 0. The zero-order valence-corrected chi connectivity index (χ0v) is 15.1. The van der Waals surface area contributed by atoms with Gasteiger partial charge in [-0.25, -0.2) is 0 Å². The Labute approximate surface area is 150 Å². The van der Waals surface area contributed by atoms with E-state index in [4.69, 9.17) is 16.3 Å². The van der Waals surface area contributed by atoms with Crippen LogP contribution in [0.5, 0.6) is 0 Å². The van der Waals surface area contributed by atoms with Crippen LogP contribution in [0.4, 0.5) is 0 Å². The van der Waals surface area contributed by atoms with Crippen molar-refractivity contribution in [3.05, 3.63) is 50.4 Å². The molecule has 0 unspecified atom stereocenters. The van der Waals surface area contributed by atoms with E-state index in [0.717, 1.165) is 10.2 Å². The Kier molecular flexibility index (Phi) is 5.13. The standard InChI is InChI=1S/C16H13ClN2O3S2/c1-2-22-14(20)9-19-10-5-3-4-6-11(10)24-16(19)18-15(21)12-7-8-13(17)23-12/h3-8H,2,9H2,1H3. The molecule has 0 aliphatic heterocycles. The molecule has 1 amide bonds. The van der Waals surface area contributed by atoms with Crippen LogP contribution in [-0.4, -0.2) is 23.1 Å². The van der Waals surface area contributed by atoms with Crippen molar-refractivity contribution < 1.29 is 14.3 Å². The highest BCUT2D eigenvalue weighted by atomic mass is 35.5. The number of hydrogen-bond acceptors (Lipinski definition) is 5. The van der Waals surface area contributed by atoms with Gasteiger partial charge in [-0.15, -0.1) is 11.3 Å². The highest BCUT2D eigenvalue weighted by Crippen LogP contribution is 2.22. The molecule has 0 atom stereocenters. The van der Waals surface area contributed by atoms with Crippen molar-refractivity contribution >= 4 is 56.4 Å². The summed E-state index contributed by atoms with van der Waals surface area (Å²) < 4.78 is 8.19. The molecule has 0 bridgehead atoms. The predicted molar refractivity (Wildman–Crippen MR) is 95.7 cm³/mol. The average molecular weight is 381 g/mol. The first kappa shape index (κ1) is 16.9. The van der Waals surface area contributed by atoms with Crippen LogP contribution >= 0.6 is 34.3 Å².